The number of thiazole rings is 1. The van der Waals surface area contributed by atoms with Gasteiger partial charge in [0.25, 0.3) is 5.91 Å². The summed E-state index contributed by atoms with van der Waals surface area (Å²) in [7, 11) is 1.53. The van der Waals surface area contributed by atoms with Crippen LogP contribution < -0.4 is 5.32 Å². The molecule has 0 aliphatic carbocycles. The number of hydrogen-bond donors (Lipinski definition) is 1. The molecule has 1 atom stereocenters. The van der Waals surface area contributed by atoms with Gasteiger partial charge in [0.1, 0.15) is 5.01 Å². The summed E-state index contributed by atoms with van der Waals surface area (Å²) in [4.78, 5) is 32.6. The zero-order chi connectivity index (χ0) is 18.4. The molecule has 1 fully saturated rings. The number of ether oxygens (including phenoxy) is 1. The molecule has 1 unspecified atom stereocenters. The Kier molecular flexibility index (Phi) is 6.19. The number of rotatable bonds is 8. The Bertz CT molecular complexity index is 723. The number of carbonyl (C=O) groups excluding carboxylic acids is 2. The molecule has 0 bridgehead atoms. The lowest BCUT2D eigenvalue weighted by atomic mass is 10.1. The van der Waals surface area contributed by atoms with E-state index in [1.807, 2.05) is 35.7 Å². The molecule has 1 saturated heterocycles. The lowest BCUT2D eigenvalue weighted by Gasteiger charge is -2.28. The molecule has 0 spiro atoms. The molecule has 0 saturated carbocycles. The van der Waals surface area contributed by atoms with Crippen molar-refractivity contribution in [1.82, 2.24) is 20.1 Å². The average molecular weight is 374 g/mol. The van der Waals surface area contributed by atoms with Crippen molar-refractivity contribution in [3.8, 4) is 0 Å². The number of hydrogen-bond acceptors (Lipinski definition) is 5. The maximum absolute atomic E-state index is 13.1. The van der Waals surface area contributed by atoms with E-state index in [2.05, 4.69) is 10.3 Å². The van der Waals surface area contributed by atoms with Crippen LogP contribution in [0.2, 0.25) is 0 Å². The summed E-state index contributed by atoms with van der Waals surface area (Å²) in [6.07, 6.45) is 1.05. The first kappa shape index (κ1) is 18.3. The van der Waals surface area contributed by atoms with Crippen LogP contribution in [0.15, 0.2) is 41.9 Å². The van der Waals surface area contributed by atoms with Crippen LogP contribution in [0.3, 0.4) is 0 Å². The fraction of sp³-hybridized carbons (Fsp3) is 0.389. The quantitative estimate of drug-likeness (QED) is 0.766. The molecule has 3 rings (SSSR count). The minimum atomic E-state index is -0.677. The van der Waals surface area contributed by atoms with Crippen molar-refractivity contribution in [2.45, 2.75) is 12.6 Å². The van der Waals surface area contributed by atoms with Gasteiger partial charge >= 0.3 is 6.03 Å². The normalized spacial score (nSPS) is 15.0. The number of nitrogens with one attached hydrogen (secondary N) is 1. The highest BCUT2D eigenvalue weighted by atomic mass is 32.1. The van der Waals surface area contributed by atoms with E-state index in [0.717, 1.165) is 10.6 Å². The smallest absolute Gasteiger partial charge is 0.317 e. The van der Waals surface area contributed by atoms with Crippen LogP contribution in [0.25, 0.3) is 0 Å². The van der Waals surface area contributed by atoms with E-state index in [9.17, 15) is 9.59 Å². The fourth-order valence-corrected chi connectivity index (χ4v) is 3.53. The van der Waals surface area contributed by atoms with Crippen molar-refractivity contribution in [1.29, 1.82) is 0 Å². The van der Waals surface area contributed by atoms with Gasteiger partial charge in [-0.15, -0.1) is 11.3 Å². The van der Waals surface area contributed by atoms with Gasteiger partial charge in [-0.1, -0.05) is 30.3 Å². The first-order valence-corrected chi connectivity index (χ1v) is 9.34. The molecule has 1 aromatic carbocycles. The number of aromatic nitrogens is 1. The van der Waals surface area contributed by atoms with Crippen LogP contribution in [0.1, 0.15) is 16.7 Å². The molecule has 1 aliphatic rings. The number of carbonyl (C=O) groups is 2. The van der Waals surface area contributed by atoms with Crippen LogP contribution in [0.4, 0.5) is 4.79 Å². The van der Waals surface area contributed by atoms with Crippen molar-refractivity contribution in [3.05, 3.63) is 52.5 Å². The maximum atomic E-state index is 13.1. The van der Waals surface area contributed by atoms with Crippen molar-refractivity contribution >= 4 is 23.3 Å². The van der Waals surface area contributed by atoms with Crippen molar-refractivity contribution in [2.24, 2.45) is 0 Å². The molecule has 0 radical (unpaired) electrons. The Balaban J connectivity index is 1.74. The summed E-state index contributed by atoms with van der Waals surface area (Å²) in [5, 5.41) is 5.52. The molecule has 1 aromatic heterocycles. The maximum Gasteiger partial charge on any atom is 0.317 e. The first-order valence-electron chi connectivity index (χ1n) is 8.46. The number of methoxy groups -OCH3 is 1. The molecule has 1 aliphatic heterocycles. The number of nitrogens with zero attached hydrogens (tertiary/aromatic N) is 3. The second-order valence-electron chi connectivity index (χ2n) is 5.93. The Hall–Kier alpha value is -2.45. The van der Waals surface area contributed by atoms with Crippen molar-refractivity contribution < 1.29 is 14.3 Å². The zero-order valence-corrected chi connectivity index (χ0v) is 15.4. The number of benzene rings is 1. The largest absolute Gasteiger partial charge is 0.367 e. The molecular formula is C18H22N4O3S. The van der Waals surface area contributed by atoms with Gasteiger partial charge in [0, 0.05) is 44.9 Å². The van der Waals surface area contributed by atoms with E-state index in [1.165, 1.54) is 18.4 Å². The summed E-state index contributed by atoms with van der Waals surface area (Å²) in [5.74, 6) is -0.131. The van der Waals surface area contributed by atoms with Gasteiger partial charge in [0.05, 0.1) is 6.54 Å². The van der Waals surface area contributed by atoms with Crippen molar-refractivity contribution in [2.75, 3.05) is 33.3 Å². The molecule has 1 N–H and O–H groups in total. The second-order valence-corrected chi connectivity index (χ2v) is 6.91. The lowest BCUT2D eigenvalue weighted by Crippen LogP contribution is -2.41. The van der Waals surface area contributed by atoms with Gasteiger partial charge in [-0.25, -0.2) is 9.78 Å². The third kappa shape index (κ3) is 4.39. The lowest BCUT2D eigenvalue weighted by molar-refractivity contribution is -0.143. The Morgan fingerprint density at radius 3 is 2.85 bits per heavy atom. The predicted octanol–water partition coefficient (Wildman–Crippen LogP) is 1.88. The number of urea groups is 1. The van der Waals surface area contributed by atoms with Crippen LogP contribution in [-0.2, 0) is 16.1 Å². The topological polar surface area (TPSA) is 74.8 Å². The first-order chi connectivity index (χ1) is 12.7. The van der Waals surface area contributed by atoms with E-state index < -0.39 is 6.10 Å². The minimum absolute atomic E-state index is 0.0852. The molecule has 138 valence electrons. The SMILES string of the molecule is COC(C(=O)N(CCN1CCNC1=O)Cc1nccs1)c1ccccc1. The summed E-state index contributed by atoms with van der Waals surface area (Å²) in [6, 6.07) is 9.34. The number of amides is 3. The predicted molar refractivity (Wildman–Crippen MR) is 98.7 cm³/mol. The van der Waals surface area contributed by atoms with E-state index in [1.54, 1.807) is 16.0 Å². The zero-order valence-electron chi connectivity index (χ0n) is 14.6. The van der Waals surface area contributed by atoms with Gasteiger partial charge in [0.2, 0.25) is 0 Å². The third-order valence-corrected chi connectivity index (χ3v) is 5.03. The minimum Gasteiger partial charge on any atom is -0.367 e. The molecule has 3 amide bonds. The van der Waals surface area contributed by atoms with Crippen LogP contribution in [0.5, 0.6) is 0 Å². The summed E-state index contributed by atoms with van der Waals surface area (Å²) in [6.45, 7) is 2.61. The summed E-state index contributed by atoms with van der Waals surface area (Å²) in [5.41, 5.74) is 0.808. The standard InChI is InChI=1S/C18H22N4O3S/c1-25-16(14-5-3-2-4-6-14)17(23)22(13-15-19-8-12-26-15)11-10-21-9-7-20-18(21)24/h2-6,8,12,16H,7,9-11,13H2,1H3,(H,20,24). The second kappa shape index (κ2) is 8.77. The Labute approximate surface area is 156 Å². The third-order valence-electron chi connectivity index (χ3n) is 4.27. The van der Waals surface area contributed by atoms with Crippen LogP contribution in [0, 0.1) is 0 Å². The van der Waals surface area contributed by atoms with Crippen LogP contribution in [-0.4, -0.2) is 60.0 Å². The highest BCUT2D eigenvalue weighted by Crippen LogP contribution is 2.21. The van der Waals surface area contributed by atoms with E-state index in [-0.39, 0.29) is 11.9 Å². The summed E-state index contributed by atoms with van der Waals surface area (Å²) >= 11 is 1.50. The van der Waals surface area contributed by atoms with Crippen LogP contribution >= 0.6 is 11.3 Å². The van der Waals surface area contributed by atoms with Crippen molar-refractivity contribution in [3.63, 3.8) is 0 Å². The van der Waals surface area contributed by atoms with E-state index >= 15 is 0 Å². The highest BCUT2D eigenvalue weighted by molar-refractivity contribution is 7.09. The monoisotopic (exact) mass is 374 g/mol. The Morgan fingerprint density at radius 2 is 2.23 bits per heavy atom. The van der Waals surface area contributed by atoms with Gasteiger partial charge in [-0.2, -0.15) is 0 Å². The Morgan fingerprint density at radius 1 is 1.42 bits per heavy atom. The molecular weight excluding hydrogens is 352 g/mol. The van der Waals surface area contributed by atoms with E-state index in [0.29, 0.717) is 32.7 Å². The highest BCUT2D eigenvalue weighted by Gasteiger charge is 2.28. The summed E-state index contributed by atoms with van der Waals surface area (Å²) < 4.78 is 5.49. The molecule has 2 aromatic rings. The van der Waals surface area contributed by atoms with Gasteiger partial charge in [-0.05, 0) is 5.56 Å². The average Bonchev–Trinajstić information content (AvgIpc) is 3.31. The molecule has 2 heterocycles. The van der Waals surface area contributed by atoms with Gasteiger partial charge in [0.15, 0.2) is 6.10 Å². The molecule has 7 nitrogen and oxygen atoms in total. The van der Waals surface area contributed by atoms with Gasteiger partial charge in [-0.3, -0.25) is 4.79 Å². The molecule has 8 heteroatoms. The van der Waals surface area contributed by atoms with Gasteiger partial charge < -0.3 is 19.9 Å². The fourth-order valence-electron chi connectivity index (χ4n) is 2.90. The molecule has 26 heavy (non-hydrogen) atoms. The van der Waals surface area contributed by atoms with E-state index in [4.69, 9.17) is 4.74 Å².